The summed E-state index contributed by atoms with van der Waals surface area (Å²) in [6.45, 7) is 0. The number of carbonyl (C=O) groups is 1. The fourth-order valence-electron chi connectivity index (χ4n) is 1.30. The minimum Gasteiger partial charge on any atom is -0.481 e. The molecule has 0 aromatic carbocycles. The molecule has 90 valence electrons. The Labute approximate surface area is 101 Å². The number of rotatable bonds is 4. The first-order valence-electron chi connectivity index (χ1n) is 4.80. The van der Waals surface area contributed by atoms with Crippen LogP contribution in [0.3, 0.4) is 0 Å². The summed E-state index contributed by atoms with van der Waals surface area (Å²) in [4.78, 5) is 18.7. The summed E-state index contributed by atoms with van der Waals surface area (Å²) in [5, 5.41) is 13.4. The number of nitrogens with zero attached hydrogens (tertiary/aromatic N) is 5. The molecule has 2 rings (SSSR count). The number of imidazole rings is 1. The number of aliphatic carboxylic acids is 1. The van der Waals surface area contributed by atoms with Crippen LogP contribution in [0.15, 0.2) is 17.7 Å². The highest BCUT2D eigenvalue weighted by Gasteiger charge is 2.13. The lowest BCUT2D eigenvalue weighted by atomic mass is 10.4. The second kappa shape index (κ2) is 4.58. The lowest BCUT2D eigenvalue weighted by Crippen LogP contribution is -2.00. The number of hydrogen-bond donors (Lipinski definition) is 1. The van der Waals surface area contributed by atoms with E-state index in [9.17, 15) is 4.79 Å². The first-order chi connectivity index (χ1) is 8.08. The fraction of sp³-hybridized carbons (Fsp3) is 0.333. The molecule has 1 N–H and O–H groups in total. The quantitative estimate of drug-likeness (QED) is 0.793. The summed E-state index contributed by atoms with van der Waals surface area (Å²) in [5.41, 5.74) is 0.794. The Balaban J connectivity index is 2.24. The first kappa shape index (κ1) is 11.6. The van der Waals surface area contributed by atoms with Crippen LogP contribution in [0.5, 0.6) is 0 Å². The van der Waals surface area contributed by atoms with Gasteiger partial charge in [-0.2, -0.15) is 4.98 Å². The molecule has 0 amide bonds. The molecule has 0 aliphatic heterocycles. The van der Waals surface area contributed by atoms with Gasteiger partial charge in [-0.3, -0.25) is 4.79 Å². The highest BCUT2D eigenvalue weighted by atomic mass is 32.2. The van der Waals surface area contributed by atoms with Crippen molar-refractivity contribution in [1.29, 1.82) is 0 Å². The highest BCUT2D eigenvalue weighted by Crippen LogP contribution is 2.19. The summed E-state index contributed by atoms with van der Waals surface area (Å²) in [6.07, 6.45) is 3.33. The van der Waals surface area contributed by atoms with E-state index in [0.29, 0.717) is 11.0 Å². The Bertz CT molecular complexity index is 547. The summed E-state index contributed by atoms with van der Waals surface area (Å²) in [5.74, 6) is -0.363. The van der Waals surface area contributed by atoms with Crippen molar-refractivity contribution in [3.05, 3.63) is 12.5 Å². The fourth-order valence-corrected chi connectivity index (χ4v) is 1.93. The molecule has 2 aromatic rings. The second-order valence-corrected chi connectivity index (χ2v) is 4.36. The number of carboxylic acid groups (broad SMARTS) is 1. The molecule has 8 heteroatoms. The number of hydrogen-bond acceptors (Lipinski definition) is 5. The largest absolute Gasteiger partial charge is 0.481 e. The molecule has 7 nitrogen and oxygen atoms in total. The summed E-state index contributed by atoms with van der Waals surface area (Å²) >= 11 is 1.14. The molecule has 0 bridgehead atoms. The molecular formula is C9H11N5O2S. The zero-order chi connectivity index (χ0) is 12.4. The lowest BCUT2D eigenvalue weighted by Gasteiger charge is -1.94. The average molecular weight is 253 g/mol. The van der Waals surface area contributed by atoms with Crippen molar-refractivity contribution < 1.29 is 9.90 Å². The molecule has 0 unspecified atom stereocenters. The summed E-state index contributed by atoms with van der Waals surface area (Å²) < 4.78 is 3.37. The summed E-state index contributed by atoms with van der Waals surface area (Å²) in [6, 6.07) is 0. The van der Waals surface area contributed by atoms with E-state index in [-0.39, 0.29) is 5.75 Å². The van der Waals surface area contributed by atoms with E-state index in [0.717, 1.165) is 17.5 Å². The molecule has 0 saturated carbocycles. The Hall–Kier alpha value is -1.83. The molecule has 0 atom stereocenters. The van der Waals surface area contributed by atoms with Crippen LogP contribution in [-0.4, -0.2) is 41.1 Å². The van der Waals surface area contributed by atoms with E-state index in [2.05, 4.69) is 15.1 Å². The zero-order valence-corrected chi connectivity index (χ0v) is 10.2. The number of carboxylic acids is 1. The van der Waals surface area contributed by atoms with E-state index in [1.165, 1.54) is 0 Å². The highest BCUT2D eigenvalue weighted by molar-refractivity contribution is 7.99. The maximum atomic E-state index is 10.5. The molecule has 0 aliphatic carbocycles. The van der Waals surface area contributed by atoms with Crippen LogP contribution in [-0.2, 0) is 18.9 Å². The van der Waals surface area contributed by atoms with E-state index < -0.39 is 5.97 Å². The monoisotopic (exact) mass is 253 g/mol. The molecule has 17 heavy (non-hydrogen) atoms. The molecular weight excluding hydrogens is 242 g/mol. The molecule has 2 aromatic heterocycles. The Kier molecular flexibility index (Phi) is 3.14. The average Bonchev–Trinajstić information content (AvgIpc) is 2.82. The van der Waals surface area contributed by atoms with Crippen LogP contribution in [0.4, 0.5) is 0 Å². The smallest absolute Gasteiger partial charge is 0.313 e. The van der Waals surface area contributed by atoms with Crippen LogP contribution in [0.1, 0.15) is 0 Å². The van der Waals surface area contributed by atoms with Crippen LogP contribution in [0.25, 0.3) is 11.5 Å². The molecule has 2 heterocycles. The topological polar surface area (TPSA) is 85.8 Å². The minimum atomic E-state index is -0.875. The Morgan fingerprint density at radius 3 is 2.88 bits per heavy atom. The molecule has 0 saturated heterocycles. The predicted molar refractivity (Wildman–Crippen MR) is 61.6 cm³/mol. The third kappa shape index (κ3) is 2.47. The van der Waals surface area contributed by atoms with Crippen LogP contribution < -0.4 is 0 Å². The van der Waals surface area contributed by atoms with Gasteiger partial charge in [0.15, 0.2) is 11.0 Å². The standard InChI is InChI=1S/C9H11N5O2S/c1-13-5-10-3-6(13)8-11-9(14(2)12-8)17-4-7(15)16/h3,5H,4H2,1-2H3,(H,15,16). The molecule has 0 spiro atoms. The van der Waals surface area contributed by atoms with Gasteiger partial charge in [0.05, 0.1) is 18.3 Å². The van der Waals surface area contributed by atoms with Gasteiger partial charge in [-0.05, 0) is 0 Å². The number of aryl methyl sites for hydroxylation is 2. The maximum absolute atomic E-state index is 10.5. The lowest BCUT2D eigenvalue weighted by molar-refractivity contribution is -0.133. The summed E-state index contributed by atoms with van der Waals surface area (Å²) in [7, 11) is 3.58. The van der Waals surface area contributed by atoms with Gasteiger partial charge in [-0.1, -0.05) is 11.8 Å². The SMILES string of the molecule is Cn1cncc1-c1nc(SCC(=O)O)n(C)n1. The third-order valence-electron chi connectivity index (χ3n) is 2.09. The second-order valence-electron chi connectivity index (χ2n) is 3.41. The Morgan fingerprint density at radius 1 is 1.53 bits per heavy atom. The number of aromatic nitrogens is 5. The maximum Gasteiger partial charge on any atom is 0.313 e. The van der Waals surface area contributed by atoms with Crippen molar-refractivity contribution in [1.82, 2.24) is 24.3 Å². The number of thioether (sulfide) groups is 1. The van der Waals surface area contributed by atoms with Gasteiger partial charge >= 0.3 is 5.97 Å². The van der Waals surface area contributed by atoms with Crippen molar-refractivity contribution >= 4 is 17.7 Å². The van der Waals surface area contributed by atoms with E-state index in [1.807, 2.05) is 7.05 Å². The molecule has 0 radical (unpaired) electrons. The third-order valence-corrected chi connectivity index (χ3v) is 3.10. The molecule has 0 aliphatic rings. The van der Waals surface area contributed by atoms with Gasteiger partial charge in [0.1, 0.15) is 5.69 Å². The van der Waals surface area contributed by atoms with Gasteiger partial charge in [-0.15, -0.1) is 5.10 Å². The zero-order valence-electron chi connectivity index (χ0n) is 9.36. The van der Waals surface area contributed by atoms with Crippen molar-refractivity contribution in [3.8, 4) is 11.5 Å². The van der Waals surface area contributed by atoms with Gasteiger partial charge in [0, 0.05) is 14.1 Å². The Morgan fingerprint density at radius 2 is 2.29 bits per heavy atom. The van der Waals surface area contributed by atoms with Crippen molar-refractivity contribution in [3.63, 3.8) is 0 Å². The predicted octanol–water partition coefficient (Wildman–Crippen LogP) is 0.392. The van der Waals surface area contributed by atoms with Crippen molar-refractivity contribution in [2.75, 3.05) is 5.75 Å². The van der Waals surface area contributed by atoms with E-state index in [4.69, 9.17) is 5.11 Å². The van der Waals surface area contributed by atoms with Crippen LogP contribution in [0.2, 0.25) is 0 Å². The van der Waals surface area contributed by atoms with Crippen LogP contribution >= 0.6 is 11.8 Å². The van der Waals surface area contributed by atoms with Gasteiger partial charge in [0.2, 0.25) is 0 Å². The van der Waals surface area contributed by atoms with Crippen molar-refractivity contribution in [2.45, 2.75) is 5.16 Å². The van der Waals surface area contributed by atoms with Gasteiger partial charge in [-0.25, -0.2) is 9.67 Å². The normalized spacial score (nSPS) is 10.7. The minimum absolute atomic E-state index is 0.0304. The van der Waals surface area contributed by atoms with Crippen LogP contribution in [0, 0.1) is 0 Å². The molecule has 0 fully saturated rings. The van der Waals surface area contributed by atoms with Crippen molar-refractivity contribution in [2.24, 2.45) is 14.1 Å². The van der Waals surface area contributed by atoms with Gasteiger partial charge < -0.3 is 9.67 Å². The van der Waals surface area contributed by atoms with Gasteiger partial charge in [0.25, 0.3) is 0 Å². The van der Waals surface area contributed by atoms with E-state index >= 15 is 0 Å². The first-order valence-corrected chi connectivity index (χ1v) is 5.79. The van der Waals surface area contributed by atoms with E-state index in [1.54, 1.807) is 28.8 Å².